The molecule has 0 saturated carbocycles. The number of carbonyl (C=O) groups excluding carboxylic acids is 1. The van der Waals surface area contributed by atoms with Crippen LogP contribution in [-0.2, 0) is 11.3 Å². The number of pyridine rings is 1. The number of nitrogens with zero attached hydrogens (tertiary/aromatic N) is 2. The highest BCUT2D eigenvalue weighted by atomic mass is 16.2. The summed E-state index contributed by atoms with van der Waals surface area (Å²) in [6.07, 6.45) is 0.844. The molecule has 5 heteroatoms. The molecular weight excluding hydrogens is 230 g/mol. The fraction of sp³-hybridized carbons (Fsp3) is 0.462. The van der Waals surface area contributed by atoms with Crippen molar-refractivity contribution in [3.8, 4) is 6.07 Å². The molecule has 0 aliphatic carbocycles. The van der Waals surface area contributed by atoms with E-state index in [1.165, 1.54) is 4.57 Å². The highest BCUT2D eigenvalue weighted by Gasteiger charge is 2.12. The van der Waals surface area contributed by atoms with Crippen LogP contribution in [0.4, 0.5) is 0 Å². The van der Waals surface area contributed by atoms with E-state index in [2.05, 4.69) is 5.32 Å². The van der Waals surface area contributed by atoms with Crippen molar-refractivity contribution in [3.63, 3.8) is 0 Å². The Morgan fingerprint density at radius 2 is 2.17 bits per heavy atom. The number of hydrogen-bond acceptors (Lipinski definition) is 3. The van der Waals surface area contributed by atoms with Gasteiger partial charge in [0.1, 0.15) is 18.2 Å². The van der Waals surface area contributed by atoms with Gasteiger partial charge < -0.3 is 9.88 Å². The number of rotatable bonds is 4. The molecule has 1 aromatic rings. The van der Waals surface area contributed by atoms with Crippen LogP contribution in [0.15, 0.2) is 10.9 Å². The lowest BCUT2D eigenvalue weighted by Gasteiger charge is -2.11. The minimum absolute atomic E-state index is 0.0420. The quantitative estimate of drug-likeness (QED) is 0.857. The topological polar surface area (TPSA) is 74.9 Å². The highest BCUT2D eigenvalue weighted by molar-refractivity contribution is 5.75. The van der Waals surface area contributed by atoms with Crippen molar-refractivity contribution in [2.24, 2.45) is 0 Å². The summed E-state index contributed by atoms with van der Waals surface area (Å²) in [4.78, 5) is 23.6. The van der Waals surface area contributed by atoms with Gasteiger partial charge in [0.25, 0.3) is 5.56 Å². The zero-order chi connectivity index (χ0) is 13.7. The van der Waals surface area contributed by atoms with E-state index in [1.807, 2.05) is 13.0 Å². The maximum absolute atomic E-state index is 12.0. The standard InChI is InChI=1S/C13H17N3O2/c1-4-5-15-12(17)8-16-10(3)6-9(2)11(7-14)13(16)18/h6H,4-5,8H2,1-3H3,(H,15,17). The lowest BCUT2D eigenvalue weighted by atomic mass is 10.1. The smallest absolute Gasteiger partial charge is 0.269 e. The second-order valence-corrected chi connectivity index (χ2v) is 4.20. The molecule has 0 unspecified atom stereocenters. The van der Waals surface area contributed by atoms with Crippen molar-refractivity contribution in [1.29, 1.82) is 5.26 Å². The molecule has 0 bridgehead atoms. The predicted octanol–water partition coefficient (Wildman–Crippen LogP) is 0.863. The van der Waals surface area contributed by atoms with E-state index < -0.39 is 5.56 Å². The summed E-state index contributed by atoms with van der Waals surface area (Å²) in [5.74, 6) is -0.213. The molecule has 96 valence electrons. The Hall–Kier alpha value is -2.09. The van der Waals surface area contributed by atoms with E-state index >= 15 is 0 Å². The van der Waals surface area contributed by atoms with Gasteiger partial charge in [0.15, 0.2) is 0 Å². The molecule has 0 spiro atoms. The second kappa shape index (κ2) is 6.01. The number of hydrogen-bond donors (Lipinski definition) is 1. The fourth-order valence-electron chi connectivity index (χ4n) is 1.72. The summed E-state index contributed by atoms with van der Waals surface area (Å²) in [6, 6.07) is 3.63. The number of amides is 1. The van der Waals surface area contributed by atoms with Gasteiger partial charge in [-0.2, -0.15) is 5.26 Å². The third-order valence-electron chi connectivity index (χ3n) is 2.69. The van der Waals surface area contributed by atoms with Crippen LogP contribution < -0.4 is 10.9 Å². The van der Waals surface area contributed by atoms with Gasteiger partial charge in [0.2, 0.25) is 5.91 Å². The number of nitriles is 1. The fourth-order valence-corrected chi connectivity index (χ4v) is 1.72. The number of nitrogens with one attached hydrogen (secondary N) is 1. The van der Waals surface area contributed by atoms with E-state index in [-0.39, 0.29) is 18.0 Å². The van der Waals surface area contributed by atoms with Gasteiger partial charge in [-0.3, -0.25) is 9.59 Å². The van der Waals surface area contributed by atoms with Gasteiger partial charge in [0.05, 0.1) is 0 Å². The Morgan fingerprint density at radius 1 is 1.50 bits per heavy atom. The Labute approximate surface area is 106 Å². The molecule has 1 heterocycles. The molecule has 0 radical (unpaired) electrons. The molecule has 1 rings (SSSR count). The normalized spacial score (nSPS) is 9.89. The first-order valence-electron chi connectivity index (χ1n) is 5.89. The molecule has 1 aromatic heterocycles. The second-order valence-electron chi connectivity index (χ2n) is 4.20. The van der Waals surface area contributed by atoms with Crippen LogP contribution in [0.2, 0.25) is 0 Å². The Kier molecular flexibility index (Phi) is 4.67. The van der Waals surface area contributed by atoms with Crippen LogP contribution in [0.5, 0.6) is 0 Å². The Morgan fingerprint density at radius 3 is 2.72 bits per heavy atom. The van der Waals surface area contributed by atoms with Crippen molar-refractivity contribution in [1.82, 2.24) is 9.88 Å². The highest BCUT2D eigenvalue weighted by Crippen LogP contribution is 2.05. The minimum Gasteiger partial charge on any atom is -0.355 e. The van der Waals surface area contributed by atoms with E-state index in [0.717, 1.165) is 6.42 Å². The third kappa shape index (κ3) is 2.98. The first-order valence-corrected chi connectivity index (χ1v) is 5.89. The van der Waals surface area contributed by atoms with Crippen molar-refractivity contribution < 1.29 is 4.79 Å². The summed E-state index contributed by atoms with van der Waals surface area (Å²) in [5.41, 5.74) is 1.03. The maximum Gasteiger partial charge on any atom is 0.269 e. The van der Waals surface area contributed by atoms with Crippen LogP contribution in [0.3, 0.4) is 0 Å². The molecule has 0 aliphatic heterocycles. The van der Waals surface area contributed by atoms with Gasteiger partial charge in [0, 0.05) is 12.2 Å². The monoisotopic (exact) mass is 247 g/mol. The molecule has 5 nitrogen and oxygen atoms in total. The van der Waals surface area contributed by atoms with E-state index in [4.69, 9.17) is 5.26 Å². The molecule has 1 N–H and O–H groups in total. The number of aromatic nitrogens is 1. The van der Waals surface area contributed by atoms with Crippen LogP contribution in [0, 0.1) is 25.2 Å². The predicted molar refractivity (Wildman–Crippen MR) is 68.2 cm³/mol. The summed E-state index contributed by atoms with van der Waals surface area (Å²) >= 11 is 0. The zero-order valence-electron chi connectivity index (χ0n) is 10.9. The first kappa shape index (κ1) is 14.0. The molecule has 0 aliphatic rings. The molecule has 0 aromatic carbocycles. The van der Waals surface area contributed by atoms with Gasteiger partial charge >= 0.3 is 0 Å². The van der Waals surface area contributed by atoms with E-state index in [0.29, 0.717) is 17.8 Å². The minimum atomic E-state index is -0.401. The maximum atomic E-state index is 12.0. The summed E-state index contributed by atoms with van der Waals surface area (Å²) in [6.45, 7) is 5.97. The van der Waals surface area contributed by atoms with Crippen molar-refractivity contribution in [3.05, 3.63) is 33.2 Å². The number of carbonyl (C=O) groups is 1. The van der Waals surface area contributed by atoms with Crippen molar-refractivity contribution in [2.75, 3.05) is 6.54 Å². The van der Waals surface area contributed by atoms with Crippen LogP contribution in [-0.4, -0.2) is 17.0 Å². The summed E-state index contributed by atoms with van der Waals surface area (Å²) in [7, 11) is 0. The molecular formula is C13H17N3O2. The SMILES string of the molecule is CCCNC(=O)Cn1c(C)cc(C)c(C#N)c1=O. The largest absolute Gasteiger partial charge is 0.355 e. The molecule has 1 amide bonds. The molecule has 0 saturated heterocycles. The third-order valence-corrected chi connectivity index (χ3v) is 2.69. The van der Waals surface area contributed by atoms with Crippen molar-refractivity contribution in [2.45, 2.75) is 33.7 Å². The Bertz CT molecular complexity index is 553. The van der Waals surface area contributed by atoms with E-state index in [9.17, 15) is 9.59 Å². The lowest BCUT2D eigenvalue weighted by molar-refractivity contribution is -0.121. The molecule has 0 atom stereocenters. The zero-order valence-corrected chi connectivity index (χ0v) is 10.9. The Balaban J connectivity index is 3.07. The lowest BCUT2D eigenvalue weighted by Crippen LogP contribution is -2.34. The summed E-state index contributed by atoms with van der Waals surface area (Å²) in [5, 5.41) is 11.6. The molecule has 0 fully saturated rings. The van der Waals surface area contributed by atoms with Crippen LogP contribution >= 0.6 is 0 Å². The van der Waals surface area contributed by atoms with Gasteiger partial charge in [-0.15, -0.1) is 0 Å². The summed E-state index contributed by atoms with van der Waals surface area (Å²) < 4.78 is 1.33. The van der Waals surface area contributed by atoms with Gasteiger partial charge in [-0.25, -0.2) is 0 Å². The number of aryl methyl sites for hydroxylation is 2. The van der Waals surface area contributed by atoms with Crippen LogP contribution in [0.1, 0.15) is 30.2 Å². The van der Waals surface area contributed by atoms with Crippen LogP contribution in [0.25, 0.3) is 0 Å². The first-order chi connectivity index (χ1) is 8.51. The average Bonchev–Trinajstić information content (AvgIpc) is 2.32. The van der Waals surface area contributed by atoms with E-state index in [1.54, 1.807) is 19.9 Å². The van der Waals surface area contributed by atoms with Gasteiger partial charge in [-0.05, 0) is 31.9 Å². The van der Waals surface area contributed by atoms with Crippen molar-refractivity contribution >= 4 is 5.91 Å². The average molecular weight is 247 g/mol. The molecule has 18 heavy (non-hydrogen) atoms. The van der Waals surface area contributed by atoms with Gasteiger partial charge in [-0.1, -0.05) is 6.92 Å².